The Morgan fingerprint density at radius 2 is 2.04 bits per heavy atom. The zero-order valence-electron chi connectivity index (χ0n) is 11.7. The number of benzene rings is 1. The van der Waals surface area contributed by atoms with Gasteiger partial charge in [0, 0.05) is 12.6 Å². The molecule has 1 atom stereocenters. The van der Waals surface area contributed by atoms with Crippen LogP contribution < -0.4 is 10.8 Å². The molecule has 0 radical (unpaired) electrons. The lowest BCUT2D eigenvalue weighted by Gasteiger charge is -2.23. The smallest absolute Gasteiger partial charge is 0.384 e. The fourth-order valence-electron chi connectivity index (χ4n) is 2.41. The first-order chi connectivity index (χ1) is 10.8. The van der Waals surface area contributed by atoms with Crippen LogP contribution in [-0.2, 0) is 11.0 Å². The highest BCUT2D eigenvalue weighted by Crippen LogP contribution is 2.37. The van der Waals surface area contributed by atoms with Crippen molar-refractivity contribution in [1.82, 2.24) is 9.97 Å². The van der Waals surface area contributed by atoms with Crippen LogP contribution in [0.1, 0.15) is 23.6 Å². The molecule has 0 bridgehead atoms. The van der Waals surface area contributed by atoms with Gasteiger partial charge in [-0.05, 0) is 29.8 Å². The van der Waals surface area contributed by atoms with E-state index in [9.17, 15) is 17.6 Å². The number of hydroxylamine groups is 1. The highest BCUT2D eigenvalue weighted by atomic mass is 19.4. The minimum absolute atomic E-state index is 0.116. The van der Waals surface area contributed by atoms with Gasteiger partial charge < -0.3 is 5.73 Å². The summed E-state index contributed by atoms with van der Waals surface area (Å²) in [5, 5.41) is 1.26. The second-order valence-electron chi connectivity index (χ2n) is 5.02. The molecule has 5 nitrogen and oxygen atoms in total. The maximum Gasteiger partial charge on any atom is 0.416 e. The molecule has 3 rings (SSSR count). The van der Waals surface area contributed by atoms with Crippen molar-refractivity contribution in [3.05, 3.63) is 47.4 Å². The lowest BCUT2D eigenvalue weighted by atomic mass is 10.0. The summed E-state index contributed by atoms with van der Waals surface area (Å²) in [4.78, 5) is 13.3. The van der Waals surface area contributed by atoms with E-state index in [-0.39, 0.29) is 23.9 Å². The monoisotopic (exact) mass is 328 g/mol. The predicted molar refractivity (Wildman–Crippen MR) is 73.6 cm³/mol. The maximum absolute atomic E-state index is 13.6. The minimum Gasteiger partial charge on any atom is -0.384 e. The van der Waals surface area contributed by atoms with Crippen molar-refractivity contribution in [2.45, 2.75) is 18.6 Å². The molecule has 1 aromatic heterocycles. The van der Waals surface area contributed by atoms with E-state index in [0.717, 1.165) is 12.1 Å². The molecule has 0 saturated carbocycles. The van der Waals surface area contributed by atoms with Gasteiger partial charge >= 0.3 is 6.18 Å². The Hall–Kier alpha value is -2.42. The van der Waals surface area contributed by atoms with Gasteiger partial charge in [-0.1, -0.05) is 0 Å². The number of anilines is 2. The lowest BCUT2D eigenvalue weighted by Crippen LogP contribution is -2.24. The molecule has 2 N–H and O–H groups in total. The second-order valence-corrected chi connectivity index (χ2v) is 5.02. The van der Waals surface area contributed by atoms with Gasteiger partial charge in [-0.3, -0.25) is 4.84 Å². The fraction of sp³-hybridized carbons (Fsp3) is 0.286. The van der Waals surface area contributed by atoms with Crippen LogP contribution >= 0.6 is 0 Å². The van der Waals surface area contributed by atoms with Crippen LogP contribution in [0.3, 0.4) is 0 Å². The number of nitrogens with zero attached hydrogens (tertiary/aromatic N) is 3. The average molecular weight is 328 g/mol. The molecule has 1 saturated heterocycles. The molecule has 0 spiro atoms. The summed E-state index contributed by atoms with van der Waals surface area (Å²) in [5.74, 6) is -0.653. The molecule has 1 aliphatic rings. The molecule has 1 aromatic carbocycles. The van der Waals surface area contributed by atoms with E-state index in [2.05, 4.69) is 9.97 Å². The Labute approximate surface area is 128 Å². The van der Waals surface area contributed by atoms with Gasteiger partial charge in [-0.2, -0.15) is 18.2 Å². The van der Waals surface area contributed by atoms with E-state index in [4.69, 9.17) is 10.6 Å². The zero-order chi connectivity index (χ0) is 16.6. The normalized spacial score (nSPS) is 18.4. The molecule has 2 aromatic rings. The summed E-state index contributed by atoms with van der Waals surface area (Å²) >= 11 is 0. The summed E-state index contributed by atoms with van der Waals surface area (Å²) in [6.45, 7) is 0.251. The molecule has 122 valence electrons. The fourth-order valence-corrected chi connectivity index (χ4v) is 2.41. The number of hydrogen-bond donors (Lipinski definition) is 1. The summed E-state index contributed by atoms with van der Waals surface area (Å²) < 4.78 is 52.2. The van der Waals surface area contributed by atoms with Crippen LogP contribution in [0, 0.1) is 5.82 Å². The first-order valence-corrected chi connectivity index (χ1v) is 6.73. The van der Waals surface area contributed by atoms with Gasteiger partial charge in [-0.25, -0.2) is 14.4 Å². The van der Waals surface area contributed by atoms with Crippen molar-refractivity contribution in [3.63, 3.8) is 0 Å². The lowest BCUT2D eigenvalue weighted by molar-refractivity contribution is -0.137. The van der Waals surface area contributed by atoms with Crippen LogP contribution in [0.25, 0.3) is 0 Å². The van der Waals surface area contributed by atoms with E-state index in [0.29, 0.717) is 12.5 Å². The van der Waals surface area contributed by atoms with Gasteiger partial charge in [0.1, 0.15) is 11.6 Å². The van der Waals surface area contributed by atoms with Crippen molar-refractivity contribution >= 4 is 11.8 Å². The van der Waals surface area contributed by atoms with Gasteiger partial charge in [0.15, 0.2) is 0 Å². The number of aromatic nitrogens is 2. The number of nitrogens with two attached hydrogens (primary N) is 1. The number of alkyl halides is 3. The highest BCUT2D eigenvalue weighted by Gasteiger charge is 2.35. The summed E-state index contributed by atoms with van der Waals surface area (Å²) in [5.41, 5.74) is 4.66. The number of hydrogen-bond acceptors (Lipinski definition) is 5. The van der Waals surface area contributed by atoms with Gasteiger partial charge in [0.05, 0.1) is 18.2 Å². The SMILES string of the molecule is Nc1ccnc(N2OCCC2c2cc(F)cc(C(F)(F)F)c2)n1. The Morgan fingerprint density at radius 1 is 1.26 bits per heavy atom. The van der Waals surface area contributed by atoms with Crippen LogP contribution in [-0.4, -0.2) is 16.6 Å². The van der Waals surface area contributed by atoms with Crippen molar-refractivity contribution in [2.24, 2.45) is 0 Å². The molecular formula is C14H12F4N4O. The molecule has 0 aliphatic carbocycles. The van der Waals surface area contributed by atoms with Crippen molar-refractivity contribution in [2.75, 3.05) is 17.4 Å². The minimum atomic E-state index is -4.63. The standard InChI is InChI=1S/C14H12F4N4O/c15-10-6-8(5-9(7-10)14(16,17)18)11-2-4-23-22(11)13-20-3-1-12(19)21-13/h1,3,5-7,11H,2,4H2,(H2,19,20,21). The van der Waals surface area contributed by atoms with E-state index < -0.39 is 23.6 Å². The Kier molecular flexibility index (Phi) is 3.80. The first-order valence-electron chi connectivity index (χ1n) is 6.73. The van der Waals surface area contributed by atoms with E-state index in [1.807, 2.05) is 0 Å². The van der Waals surface area contributed by atoms with Crippen LogP contribution in [0.5, 0.6) is 0 Å². The van der Waals surface area contributed by atoms with E-state index in [1.54, 1.807) is 0 Å². The average Bonchev–Trinajstić information content (AvgIpc) is 2.95. The van der Waals surface area contributed by atoms with E-state index in [1.165, 1.54) is 17.3 Å². The van der Waals surface area contributed by atoms with Crippen molar-refractivity contribution in [1.29, 1.82) is 0 Å². The topological polar surface area (TPSA) is 64.3 Å². The Morgan fingerprint density at radius 3 is 2.74 bits per heavy atom. The largest absolute Gasteiger partial charge is 0.416 e. The zero-order valence-corrected chi connectivity index (χ0v) is 11.7. The molecule has 1 aliphatic heterocycles. The van der Waals surface area contributed by atoms with Crippen molar-refractivity contribution in [3.8, 4) is 0 Å². The third-order valence-electron chi connectivity index (χ3n) is 3.40. The number of rotatable bonds is 2. The second kappa shape index (κ2) is 5.65. The molecule has 0 amide bonds. The van der Waals surface area contributed by atoms with Gasteiger partial charge in [0.2, 0.25) is 0 Å². The summed E-state index contributed by atoms with van der Waals surface area (Å²) in [7, 11) is 0. The van der Waals surface area contributed by atoms with E-state index >= 15 is 0 Å². The van der Waals surface area contributed by atoms with Gasteiger partial charge in [-0.15, -0.1) is 0 Å². The summed E-state index contributed by atoms with van der Waals surface area (Å²) in [6, 6.07) is 3.25. The molecule has 2 heterocycles. The molecular weight excluding hydrogens is 316 g/mol. The van der Waals surface area contributed by atoms with Crippen LogP contribution in [0.15, 0.2) is 30.5 Å². The van der Waals surface area contributed by atoms with Gasteiger partial charge in [0.25, 0.3) is 5.95 Å². The highest BCUT2D eigenvalue weighted by molar-refractivity contribution is 5.40. The molecule has 23 heavy (non-hydrogen) atoms. The number of nitrogen functional groups attached to an aromatic ring is 1. The predicted octanol–water partition coefficient (Wildman–Crippen LogP) is 3.10. The van der Waals surface area contributed by atoms with Crippen molar-refractivity contribution < 1.29 is 22.4 Å². The third kappa shape index (κ3) is 3.19. The molecule has 9 heteroatoms. The summed E-state index contributed by atoms with van der Waals surface area (Å²) in [6.07, 6.45) is -2.85. The maximum atomic E-state index is 13.6. The first kappa shape index (κ1) is 15.5. The quantitative estimate of drug-likeness (QED) is 0.858. The third-order valence-corrected chi connectivity index (χ3v) is 3.40. The Bertz CT molecular complexity index is 722. The Balaban J connectivity index is 1.99. The van der Waals surface area contributed by atoms with Crippen LogP contribution in [0.2, 0.25) is 0 Å². The molecule has 1 fully saturated rings. The van der Waals surface area contributed by atoms with Crippen LogP contribution in [0.4, 0.5) is 29.3 Å². The number of halogens is 4. The molecule has 1 unspecified atom stereocenters.